The van der Waals surface area contributed by atoms with Crippen molar-refractivity contribution in [3.8, 4) is 0 Å². The van der Waals surface area contributed by atoms with Crippen molar-refractivity contribution in [2.75, 3.05) is 25.0 Å². The van der Waals surface area contributed by atoms with Gasteiger partial charge in [0.2, 0.25) is 5.91 Å². The Labute approximate surface area is 121 Å². The monoisotopic (exact) mass is 301 g/mol. The summed E-state index contributed by atoms with van der Waals surface area (Å²) in [6, 6.07) is 2.59. The van der Waals surface area contributed by atoms with Crippen LogP contribution in [0.1, 0.15) is 19.4 Å². The summed E-state index contributed by atoms with van der Waals surface area (Å²) < 4.78 is 27.4. The molecule has 0 unspecified atom stereocenters. The molecule has 0 radical (unpaired) electrons. The average molecular weight is 301 g/mol. The summed E-state index contributed by atoms with van der Waals surface area (Å²) in [5.74, 6) is -2.39. The molecular formula is C13H17F2N3OS. The van der Waals surface area contributed by atoms with Crippen molar-refractivity contribution in [1.29, 1.82) is 0 Å². The van der Waals surface area contributed by atoms with Crippen LogP contribution in [-0.4, -0.2) is 35.4 Å². The molecule has 0 aliphatic heterocycles. The molecule has 0 fully saturated rings. The van der Waals surface area contributed by atoms with E-state index in [1.54, 1.807) is 4.90 Å². The van der Waals surface area contributed by atoms with Crippen LogP contribution in [0.25, 0.3) is 0 Å². The molecule has 0 spiro atoms. The number of anilines is 1. The molecule has 1 rings (SSSR count). The largest absolute Gasteiger partial charge is 0.389 e. The Morgan fingerprint density at radius 1 is 1.30 bits per heavy atom. The second kappa shape index (κ2) is 7.14. The van der Waals surface area contributed by atoms with E-state index in [9.17, 15) is 13.6 Å². The molecule has 20 heavy (non-hydrogen) atoms. The second-order valence-corrected chi connectivity index (χ2v) is 4.51. The molecule has 1 aromatic rings. The Balaban J connectivity index is 2.82. The van der Waals surface area contributed by atoms with Gasteiger partial charge in [-0.25, -0.2) is 8.78 Å². The molecule has 0 aromatic heterocycles. The maximum Gasteiger partial charge on any atom is 0.241 e. The van der Waals surface area contributed by atoms with Crippen molar-refractivity contribution in [3.05, 3.63) is 29.3 Å². The molecule has 0 aliphatic rings. The standard InChI is InChI=1S/C13H17F2N3OS/c1-3-18(4-2)10(19)7-17-9-6-5-8(13(16)20)11(14)12(9)15/h5-6,17H,3-4,7H2,1-2H3,(H2,16,20). The van der Waals surface area contributed by atoms with Gasteiger partial charge in [0.25, 0.3) is 0 Å². The molecule has 1 amide bonds. The van der Waals surface area contributed by atoms with Crippen molar-refractivity contribution in [3.63, 3.8) is 0 Å². The number of nitrogens with zero attached hydrogens (tertiary/aromatic N) is 1. The van der Waals surface area contributed by atoms with Gasteiger partial charge in [-0.15, -0.1) is 0 Å². The molecule has 0 saturated carbocycles. The van der Waals surface area contributed by atoms with E-state index in [0.29, 0.717) is 13.1 Å². The third kappa shape index (κ3) is 3.63. The zero-order valence-electron chi connectivity index (χ0n) is 11.4. The number of thiocarbonyl (C=S) groups is 1. The van der Waals surface area contributed by atoms with Crippen molar-refractivity contribution in [2.45, 2.75) is 13.8 Å². The van der Waals surface area contributed by atoms with Crippen LogP contribution >= 0.6 is 12.2 Å². The molecule has 4 nitrogen and oxygen atoms in total. The number of nitrogens with two attached hydrogens (primary N) is 1. The normalized spacial score (nSPS) is 10.2. The lowest BCUT2D eigenvalue weighted by Crippen LogP contribution is -2.35. The minimum absolute atomic E-state index is 0.0944. The van der Waals surface area contributed by atoms with Gasteiger partial charge in [0, 0.05) is 18.7 Å². The minimum atomic E-state index is -1.11. The smallest absolute Gasteiger partial charge is 0.241 e. The van der Waals surface area contributed by atoms with Crippen LogP contribution in [0.5, 0.6) is 0 Å². The van der Waals surface area contributed by atoms with Crippen molar-refractivity contribution in [2.24, 2.45) is 5.73 Å². The van der Waals surface area contributed by atoms with Crippen LogP contribution in [0.2, 0.25) is 0 Å². The molecule has 7 heteroatoms. The highest BCUT2D eigenvalue weighted by Gasteiger charge is 2.16. The average Bonchev–Trinajstić information content (AvgIpc) is 2.41. The van der Waals surface area contributed by atoms with E-state index in [1.165, 1.54) is 12.1 Å². The SMILES string of the molecule is CCN(CC)C(=O)CNc1ccc(C(N)=S)c(F)c1F. The fourth-order valence-corrected chi connectivity index (χ4v) is 1.89. The first kappa shape index (κ1) is 16.3. The summed E-state index contributed by atoms with van der Waals surface area (Å²) in [6.07, 6.45) is 0. The highest BCUT2D eigenvalue weighted by Crippen LogP contribution is 2.20. The lowest BCUT2D eigenvalue weighted by atomic mass is 10.1. The summed E-state index contributed by atoms with van der Waals surface area (Å²) in [5, 5.41) is 2.58. The quantitative estimate of drug-likeness (QED) is 0.788. The first-order chi connectivity index (χ1) is 9.42. The first-order valence-corrected chi connectivity index (χ1v) is 6.62. The van der Waals surface area contributed by atoms with Gasteiger partial charge in [-0.1, -0.05) is 12.2 Å². The number of carbonyl (C=O) groups is 1. The lowest BCUT2D eigenvalue weighted by Gasteiger charge is -2.19. The number of nitrogens with one attached hydrogen (secondary N) is 1. The summed E-state index contributed by atoms with van der Waals surface area (Å²) in [5.41, 5.74) is 5.03. The van der Waals surface area contributed by atoms with Crippen LogP contribution in [0, 0.1) is 11.6 Å². The molecule has 0 aliphatic carbocycles. The summed E-state index contributed by atoms with van der Waals surface area (Å²) in [4.78, 5) is 13.1. The topological polar surface area (TPSA) is 58.4 Å². The molecule has 0 heterocycles. The van der Waals surface area contributed by atoms with Crippen LogP contribution in [0.15, 0.2) is 12.1 Å². The second-order valence-electron chi connectivity index (χ2n) is 4.07. The van der Waals surface area contributed by atoms with E-state index in [4.69, 9.17) is 5.73 Å². The van der Waals surface area contributed by atoms with Gasteiger partial charge in [-0.05, 0) is 26.0 Å². The fourth-order valence-electron chi connectivity index (χ4n) is 1.74. The summed E-state index contributed by atoms with van der Waals surface area (Å²) in [7, 11) is 0. The Morgan fingerprint density at radius 2 is 1.90 bits per heavy atom. The molecule has 0 atom stereocenters. The van der Waals surface area contributed by atoms with Gasteiger partial charge < -0.3 is 16.0 Å². The highest BCUT2D eigenvalue weighted by atomic mass is 32.1. The van der Waals surface area contributed by atoms with Crippen molar-refractivity contribution >= 4 is 28.8 Å². The number of hydrogen-bond donors (Lipinski definition) is 2. The Morgan fingerprint density at radius 3 is 2.40 bits per heavy atom. The number of benzene rings is 1. The van der Waals surface area contributed by atoms with Crippen molar-refractivity contribution in [1.82, 2.24) is 4.90 Å². The van der Waals surface area contributed by atoms with E-state index in [0.717, 1.165) is 0 Å². The number of amides is 1. The molecule has 0 saturated heterocycles. The lowest BCUT2D eigenvalue weighted by molar-refractivity contribution is -0.128. The number of rotatable bonds is 6. The third-order valence-corrected chi connectivity index (χ3v) is 3.11. The van der Waals surface area contributed by atoms with E-state index in [2.05, 4.69) is 17.5 Å². The predicted octanol–water partition coefficient (Wildman–Crippen LogP) is 1.88. The van der Waals surface area contributed by atoms with E-state index in [1.807, 2.05) is 13.8 Å². The van der Waals surface area contributed by atoms with E-state index in [-0.39, 0.29) is 28.7 Å². The van der Waals surface area contributed by atoms with Crippen LogP contribution in [0.3, 0.4) is 0 Å². The Kier molecular flexibility index (Phi) is 5.82. The van der Waals surface area contributed by atoms with Crippen molar-refractivity contribution < 1.29 is 13.6 Å². The molecule has 3 N–H and O–H groups in total. The number of halogens is 2. The number of likely N-dealkylation sites (N-methyl/N-ethyl adjacent to an activating group) is 1. The van der Waals surface area contributed by atoms with Gasteiger partial charge in [-0.2, -0.15) is 0 Å². The van der Waals surface area contributed by atoms with Gasteiger partial charge in [0.15, 0.2) is 11.6 Å². The fraction of sp³-hybridized carbons (Fsp3) is 0.385. The zero-order chi connectivity index (χ0) is 15.3. The Hall–Kier alpha value is -1.76. The van der Waals surface area contributed by atoms with E-state index < -0.39 is 11.6 Å². The zero-order valence-corrected chi connectivity index (χ0v) is 12.2. The number of hydrogen-bond acceptors (Lipinski definition) is 3. The molecule has 0 bridgehead atoms. The van der Waals surface area contributed by atoms with Gasteiger partial charge in [0.1, 0.15) is 4.99 Å². The summed E-state index contributed by atoms with van der Waals surface area (Å²) in [6.45, 7) is 4.71. The summed E-state index contributed by atoms with van der Waals surface area (Å²) >= 11 is 4.61. The van der Waals surface area contributed by atoms with Crippen LogP contribution in [0.4, 0.5) is 14.5 Å². The molecular weight excluding hydrogens is 284 g/mol. The highest BCUT2D eigenvalue weighted by molar-refractivity contribution is 7.80. The maximum absolute atomic E-state index is 13.8. The molecule has 1 aromatic carbocycles. The van der Waals surface area contributed by atoms with Crippen LogP contribution in [-0.2, 0) is 4.79 Å². The predicted molar refractivity (Wildman–Crippen MR) is 78.7 cm³/mol. The minimum Gasteiger partial charge on any atom is -0.389 e. The van der Waals surface area contributed by atoms with E-state index >= 15 is 0 Å². The van der Waals surface area contributed by atoms with Gasteiger partial charge in [0.05, 0.1) is 12.2 Å². The first-order valence-electron chi connectivity index (χ1n) is 6.21. The molecule has 110 valence electrons. The number of carbonyl (C=O) groups excluding carboxylic acids is 1. The Bertz CT molecular complexity index is 519. The third-order valence-electron chi connectivity index (χ3n) is 2.89. The van der Waals surface area contributed by atoms with Gasteiger partial charge >= 0.3 is 0 Å². The van der Waals surface area contributed by atoms with Crippen LogP contribution < -0.4 is 11.1 Å². The van der Waals surface area contributed by atoms with Gasteiger partial charge in [-0.3, -0.25) is 4.79 Å². The maximum atomic E-state index is 13.8.